The van der Waals surface area contributed by atoms with E-state index in [-0.39, 0.29) is 19.2 Å². The Hall–Kier alpha value is -0.563. The molecule has 21 heavy (non-hydrogen) atoms. The van der Waals surface area contributed by atoms with Crippen molar-refractivity contribution in [1.82, 2.24) is 0 Å². The number of rotatable bonds is 5. The molecule has 4 nitrogen and oxygen atoms in total. The first kappa shape index (κ1) is 16.8. The number of carbonyl (C=O) groups excluding carboxylic acids is 1. The second-order valence-corrected chi connectivity index (χ2v) is 13.0. The van der Waals surface area contributed by atoms with Crippen LogP contribution in [0.25, 0.3) is 0 Å². The van der Waals surface area contributed by atoms with Crippen molar-refractivity contribution in [3.63, 3.8) is 0 Å². The van der Waals surface area contributed by atoms with Crippen LogP contribution in [0.5, 0.6) is 5.75 Å². The van der Waals surface area contributed by atoms with Crippen molar-refractivity contribution in [2.24, 2.45) is 0 Å². The van der Waals surface area contributed by atoms with Gasteiger partial charge in [-0.05, 0) is 34.1 Å². The minimum absolute atomic E-state index is 0.00330. The van der Waals surface area contributed by atoms with E-state index in [1.165, 1.54) is 0 Å². The predicted octanol–water partition coefficient (Wildman–Crippen LogP) is 4.14. The third-order valence-corrected chi connectivity index (χ3v) is 5.80. The van der Waals surface area contributed by atoms with Gasteiger partial charge in [-0.1, -0.05) is 31.2 Å². The molecule has 0 spiro atoms. The van der Waals surface area contributed by atoms with Crippen molar-refractivity contribution in [1.29, 1.82) is 0 Å². The van der Waals surface area contributed by atoms with Crippen molar-refractivity contribution in [3.8, 4) is 5.75 Å². The van der Waals surface area contributed by atoms with Gasteiger partial charge >= 0.3 is 0 Å². The van der Waals surface area contributed by atoms with Gasteiger partial charge in [0.2, 0.25) is 0 Å². The molecule has 0 fully saturated rings. The Morgan fingerprint density at radius 2 is 2.14 bits per heavy atom. The number of anilines is 1. The second kappa shape index (κ2) is 6.69. The summed E-state index contributed by atoms with van der Waals surface area (Å²) in [7, 11) is -1.14. The molecule has 1 amide bonds. The Morgan fingerprint density at radius 3 is 2.81 bits per heavy atom. The monoisotopic (exact) mass is 391 g/mol. The second-order valence-electron chi connectivity index (χ2n) is 6.17. The van der Waals surface area contributed by atoms with Crippen LogP contribution >= 0.6 is 27.5 Å². The normalized spacial score (nSPS) is 14.9. The maximum atomic E-state index is 12.1. The van der Waals surface area contributed by atoms with Crippen molar-refractivity contribution in [2.45, 2.75) is 25.7 Å². The summed E-state index contributed by atoms with van der Waals surface area (Å²) in [5.41, 5.74) is 0.579. The lowest BCUT2D eigenvalue weighted by Gasteiger charge is -2.30. The first-order valence-electron chi connectivity index (χ1n) is 6.78. The minimum Gasteiger partial charge on any atom is -0.480 e. The van der Waals surface area contributed by atoms with Gasteiger partial charge in [0.25, 0.3) is 5.91 Å². The zero-order chi connectivity index (χ0) is 15.6. The maximum Gasteiger partial charge on any atom is 0.266 e. The van der Waals surface area contributed by atoms with E-state index >= 15 is 0 Å². The summed E-state index contributed by atoms with van der Waals surface area (Å²) in [5, 5.41) is 0.482. The molecule has 0 N–H and O–H groups in total. The van der Waals surface area contributed by atoms with Gasteiger partial charge < -0.3 is 9.47 Å². The number of fused-ring (bicyclic) bond motifs is 1. The third-order valence-electron chi connectivity index (χ3n) is 3.16. The molecule has 0 saturated heterocycles. The number of amides is 1. The van der Waals surface area contributed by atoms with Crippen LogP contribution in [-0.4, -0.2) is 33.9 Å². The highest BCUT2D eigenvalue weighted by Crippen LogP contribution is 2.43. The summed E-state index contributed by atoms with van der Waals surface area (Å²) >= 11 is 9.63. The van der Waals surface area contributed by atoms with Gasteiger partial charge in [-0.2, -0.15) is 0 Å². The largest absolute Gasteiger partial charge is 0.480 e. The molecular formula is C14H19BrClNO3Si. The fourth-order valence-corrected chi connectivity index (χ4v) is 3.36. The Labute approximate surface area is 139 Å². The van der Waals surface area contributed by atoms with E-state index in [4.69, 9.17) is 21.1 Å². The predicted molar refractivity (Wildman–Crippen MR) is 91.1 cm³/mol. The van der Waals surface area contributed by atoms with E-state index < -0.39 is 8.07 Å². The quantitative estimate of drug-likeness (QED) is 0.558. The summed E-state index contributed by atoms with van der Waals surface area (Å²) in [5.74, 6) is 0.450. The van der Waals surface area contributed by atoms with Crippen LogP contribution in [0.2, 0.25) is 30.7 Å². The first-order valence-corrected chi connectivity index (χ1v) is 11.7. The number of nitrogens with zero attached hydrogens (tertiary/aromatic N) is 1. The van der Waals surface area contributed by atoms with Crippen molar-refractivity contribution in [2.75, 3.05) is 24.8 Å². The lowest BCUT2D eigenvalue weighted by molar-refractivity contribution is -0.122. The Balaban J connectivity index is 2.10. The number of hydrogen-bond donors (Lipinski definition) is 0. The van der Waals surface area contributed by atoms with Crippen LogP contribution < -0.4 is 9.64 Å². The van der Waals surface area contributed by atoms with Gasteiger partial charge in [0, 0.05) is 14.7 Å². The summed E-state index contributed by atoms with van der Waals surface area (Å²) in [6.07, 6.45) is 0. The smallest absolute Gasteiger partial charge is 0.266 e. The number of halogens is 2. The topological polar surface area (TPSA) is 38.8 Å². The molecule has 116 valence electrons. The molecule has 0 radical (unpaired) electrons. The SMILES string of the molecule is C[Si](C)(C)CCOCN1C(=O)COc2c(Br)ccc(Cl)c21. The van der Waals surface area contributed by atoms with Gasteiger partial charge in [-0.25, -0.2) is 0 Å². The highest BCUT2D eigenvalue weighted by Gasteiger charge is 2.29. The average molecular weight is 393 g/mol. The minimum atomic E-state index is -1.14. The van der Waals surface area contributed by atoms with Gasteiger partial charge in [0.1, 0.15) is 12.4 Å². The third kappa shape index (κ3) is 4.22. The standard InChI is InChI=1S/C14H19BrClNO3Si/c1-21(2,3)7-6-19-9-17-12(18)8-20-14-10(15)4-5-11(16)13(14)17/h4-5H,6-9H2,1-3H3. The fraction of sp³-hybridized carbons (Fsp3) is 0.500. The molecule has 1 heterocycles. The van der Waals surface area contributed by atoms with Crippen LogP contribution in [0.3, 0.4) is 0 Å². The molecule has 0 aromatic heterocycles. The van der Waals surface area contributed by atoms with E-state index in [1.807, 2.05) is 0 Å². The summed E-state index contributed by atoms with van der Waals surface area (Å²) < 4.78 is 11.9. The zero-order valence-corrected chi connectivity index (χ0v) is 15.8. The van der Waals surface area contributed by atoms with Crippen LogP contribution in [-0.2, 0) is 9.53 Å². The van der Waals surface area contributed by atoms with Gasteiger partial charge in [-0.3, -0.25) is 9.69 Å². The highest BCUT2D eigenvalue weighted by atomic mass is 79.9. The van der Waals surface area contributed by atoms with E-state index in [1.54, 1.807) is 17.0 Å². The van der Waals surface area contributed by atoms with Crippen molar-refractivity contribution < 1.29 is 14.3 Å². The molecular weight excluding hydrogens is 374 g/mol. The van der Waals surface area contributed by atoms with Crippen molar-refractivity contribution >= 4 is 47.2 Å². The molecule has 1 aliphatic heterocycles. The molecule has 0 unspecified atom stereocenters. The first-order chi connectivity index (χ1) is 9.79. The molecule has 1 aliphatic rings. The number of hydrogen-bond acceptors (Lipinski definition) is 3. The highest BCUT2D eigenvalue weighted by molar-refractivity contribution is 9.10. The van der Waals surface area contributed by atoms with Gasteiger partial charge in [-0.15, -0.1) is 0 Å². The van der Waals surface area contributed by atoms with Crippen molar-refractivity contribution in [3.05, 3.63) is 21.6 Å². The van der Waals surface area contributed by atoms with Crippen LogP contribution in [0.1, 0.15) is 0 Å². The molecule has 1 aromatic rings. The summed E-state index contributed by atoms with van der Waals surface area (Å²) in [4.78, 5) is 13.6. The van der Waals surface area contributed by atoms with E-state index in [0.717, 1.165) is 10.5 Å². The molecule has 0 bridgehead atoms. The molecule has 0 atom stereocenters. The van der Waals surface area contributed by atoms with E-state index in [2.05, 4.69) is 35.6 Å². The van der Waals surface area contributed by atoms with Gasteiger partial charge in [0.05, 0.1) is 9.50 Å². The molecule has 1 aromatic carbocycles. The lowest BCUT2D eigenvalue weighted by atomic mass is 10.2. The van der Waals surface area contributed by atoms with E-state index in [9.17, 15) is 4.79 Å². The molecule has 2 rings (SSSR count). The van der Waals surface area contributed by atoms with Crippen LogP contribution in [0, 0.1) is 0 Å². The fourth-order valence-electron chi connectivity index (χ4n) is 1.92. The van der Waals surface area contributed by atoms with Crippen LogP contribution in [0.15, 0.2) is 16.6 Å². The van der Waals surface area contributed by atoms with Gasteiger partial charge in [0.15, 0.2) is 12.4 Å². The van der Waals surface area contributed by atoms with E-state index in [0.29, 0.717) is 23.1 Å². The Bertz CT molecular complexity index is 548. The number of ether oxygens (including phenoxy) is 2. The number of benzene rings is 1. The molecule has 7 heteroatoms. The maximum absolute atomic E-state index is 12.1. The van der Waals surface area contributed by atoms with Crippen LogP contribution in [0.4, 0.5) is 5.69 Å². The molecule has 0 aliphatic carbocycles. The average Bonchev–Trinajstić information content (AvgIpc) is 2.39. The Morgan fingerprint density at radius 1 is 1.43 bits per heavy atom. The lowest BCUT2D eigenvalue weighted by Crippen LogP contribution is -2.41. The summed E-state index contributed by atoms with van der Waals surface area (Å²) in [6, 6.07) is 4.60. The zero-order valence-electron chi connectivity index (χ0n) is 12.4. The summed E-state index contributed by atoms with van der Waals surface area (Å²) in [6.45, 7) is 7.74. The molecule has 0 saturated carbocycles. The Kier molecular flexibility index (Phi) is 5.35. The number of carbonyl (C=O) groups is 1.